The average molecular weight is 303 g/mol. The quantitative estimate of drug-likeness (QED) is 0.703. The van der Waals surface area contributed by atoms with Gasteiger partial charge in [-0.1, -0.05) is 55.1 Å². The first kappa shape index (κ1) is 14.7. The van der Waals surface area contributed by atoms with Gasteiger partial charge in [-0.3, -0.25) is 4.90 Å². The molecule has 2 aromatic carbocycles. The van der Waals surface area contributed by atoms with Gasteiger partial charge in [0.1, 0.15) is 0 Å². The van der Waals surface area contributed by atoms with Crippen molar-refractivity contribution in [2.24, 2.45) is 0 Å². The van der Waals surface area contributed by atoms with Crippen molar-refractivity contribution in [1.82, 2.24) is 4.90 Å². The number of hydrogen-bond acceptors (Lipinski definition) is 1. The average Bonchev–Trinajstić information content (AvgIpc) is 2.61. The molecule has 0 aromatic heterocycles. The molecule has 0 radical (unpaired) electrons. The Bertz CT molecular complexity index is 730. The largest absolute Gasteiger partial charge is 0.292 e. The molecule has 0 saturated carbocycles. The van der Waals surface area contributed by atoms with Crippen molar-refractivity contribution >= 4 is 5.57 Å². The summed E-state index contributed by atoms with van der Waals surface area (Å²) in [5.74, 6) is 0. The lowest BCUT2D eigenvalue weighted by Crippen LogP contribution is -2.33. The van der Waals surface area contributed by atoms with Crippen LogP contribution in [0.2, 0.25) is 0 Å². The van der Waals surface area contributed by atoms with Gasteiger partial charge in [0.2, 0.25) is 0 Å². The fraction of sp³-hybridized carbons (Fsp3) is 0.364. The van der Waals surface area contributed by atoms with Crippen LogP contribution in [0.15, 0.2) is 55.1 Å². The molecular weight excluding hydrogens is 278 g/mol. The lowest BCUT2D eigenvalue weighted by atomic mass is 9.81. The van der Waals surface area contributed by atoms with Crippen molar-refractivity contribution in [3.05, 3.63) is 77.4 Å². The maximum Gasteiger partial charge on any atom is 0.0360 e. The van der Waals surface area contributed by atoms with Crippen LogP contribution in [-0.2, 0) is 6.42 Å². The predicted octanol–water partition coefficient (Wildman–Crippen LogP) is 5.54. The van der Waals surface area contributed by atoms with Crippen molar-refractivity contribution in [3.8, 4) is 0 Å². The maximum atomic E-state index is 4.28. The van der Waals surface area contributed by atoms with E-state index in [-0.39, 0.29) is 0 Å². The molecule has 2 atom stereocenters. The van der Waals surface area contributed by atoms with Gasteiger partial charge in [-0.25, -0.2) is 0 Å². The molecular formula is C22H25N. The van der Waals surface area contributed by atoms with E-state index in [1.54, 1.807) is 11.1 Å². The predicted molar refractivity (Wildman–Crippen MR) is 97.3 cm³/mol. The van der Waals surface area contributed by atoms with E-state index in [2.05, 4.69) is 67.1 Å². The van der Waals surface area contributed by atoms with E-state index in [1.165, 1.54) is 42.4 Å². The highest BCUT2D eigenvalue weighted by Crippen LogP contribution is 2.44. The van der Waals surface area contributed by atoms with Crippen LogP contribution in [0.4, 0.5) is 0 Å². The zero-order chi connectivity index (χ0) is 15.8. The standard InChI is InChI=1S/C22H25N/c1-16-14-15-22(20-12-6-5-10-18(16)20)23(2)21-13-7-9-17-8-3-4-11-19(17)21/h3-6,8,10-12,21-22H,1,7,9,13-15H2,2H3. The molecule has 2 aliphatic carbocycles. The van der Waals surface area contributed by atoms with E-state index in [1.807, 2.05) is 0 Å². The Labute approximate surface area is 139 Å². The minimum atomic E-state index is 0.507. The lowest BCUT2D eigenvalue weighted by Gasteiger charge is -2.41. The van der Waals surface area contributed by atoms with E-state index >= 15 is 0 Å². The Balaban J connectivity index is 1.70. The van der Waals surface area contributed by atoms with Crippen LogP contribution < -0.4 is 0 Å². The Morgan fingerprint density at radius 2 is 1.57 bits per heavy atom. The molecule has 1 nitrogen and oxygen atoms in total. The van der Waals surface area contributed by atoms with Crippen LogP contribution in [0.3, 0.4) is 0 Å². The molecule has 0 heterocycles. The van der Waals surface area contributed by atoms with E-state index in [0.717, 1.165) is 6.42 Å². The molecule has 0 N–H and O–H groups in total. The van der Waals surface area contributed by atoms with Gasteiger partial charge in [-0.15, -0.1) is 0 Å². The van der Waals surface area contributed by atoms with E-state index in [0.29, 0.717) is 12.1 Å². The Hall–Kier alpha value is -1.86. The zero-order valence-electron chi connectivity index (χ0n) is 14.0. The van der Waals surface area contributed by atoms with Crippen LogP contribution >= 0.6 is 0 Å². The van der Waals surface area contributed by atoms with Crippen LogP contribution in [-0.4, -0.2) is 11.9 Å². The van der Waals surface area contributed by atoms with Crippen molar-refractivity contribution < 1.29 is 0 Å². The minimum absolute atomic E-state index is 0.507. The summed E-state index contributed by atoms with van der Waals surface area (Å²) >= 11 is 0. The van der Waals surface area contributed by atoms with Crippen LogP contribution in [0.5, 0.6) is 0 Å². The van der Waals surface area contributed by atoms with Crippen molar-refractivity contribution in [1.29, 1.82) is 0 Å². The summed E-state index contributed by atoms with van der Waals surface area (Å²) in [5.41, 5.74) is 7.23. The number of nitrogens with zero attached hydrogens (tertiary/aromatic N) is 1. The second kappa shape index (κ2) is 5.98. The number of rotatable bonds is 2. The van der Waals surface area contributed by atoms with Gasteiger partial charge in [0, 0.05) is 12.1 Å². The third kappa shape index (κ3) is 2.53. The molecule has 23 heavy (non-hydrogen) atoms. The minimum Gasteiger partial charge on any atom is -0.292 e. The molecule has 1 heteroatoms. The Morgan fingerprint density at radius 3 is 2.43 bits per heavy atom. The third-order valence-electron chi connectivity index (χ3n) is 5.74. The zero-order valence-corrected chi connectivity index (χ0v) is 14.0. The Kier molecular flexibility index (Phi) is 3.82. The molecule has 0 amide bonds. The number of aryl methyl sites for hydroxylation is 1. The van der Waals surface area contributed by atoms with Gasteiger partial charge in [0.05, 0.1) is 0 Å². The first-order valence-electron chi connectivity index (χ1n) is 8.82. The number of fused-ring (bicyclic) bond motifs is 2. The summed E-state index contributed by atoms with van der Waals surface area (Å²) in [5, 5.41) is 0. The van der Waals surface area contributed by atoms with E-state index in [9.17, 15) is 0 Å². The summed E-state index contributed by atoms with van der Waals surface area (Å²) in [4.78, 5) is 2.63. The van der Waals surface area contributed by atoms with Gasteiger partial charge in [-0.05, 0) is 67.0 Å². The fourth-order valence-electron chi connectivity index (χ4n) is 4.50. The second-order valence-electron chi connectivity index (χ2n) is 7.02. The van der Waals surface area contributed by atoms with Gasteiger partial charge in [0.15, 0.2) is 0 Å². The molecule has 118 valence electrons. The Morgan fingerprint density at radius 1 is 0.870 bits per heavy atom. The fourth-order valence-corrected chi connectivity index (χ4v) is 4.50. The molecule has 2 aromatic rings. The SMILES string of the molecule is C=C1CCC(N(C)C2CCCc3ccccc32)c2ccccc21. The maximum absolute atomic E-state index is 4.28. The molecule has 2 aliphatic rings. The number of allylic oxidation sites excluding steroid dienone is 1. The summed E-state index contributed by atoms with van der Waals surface area (Å²) < 4.78 is 0. The molecule has 0 aliphatic heterocycles. The van der Waals surface area contributed by atoms with Gasteiger partial charge < -0.3 is 0 Å². The smallest absolute Gasteiger partial charge is 0.0360 e. The van der Waals surface area contributed by atoms with Crippen LogP contribution in [0.25, 0.3) is 5.57 Å². The van der Waals surface area contributed by atoms with Crippen molar-refractivity contribution in [3.63, 3.8) is 0 Å². The van der Waals surface area contributed by atoms with Gasteiger partial charge in [0.25, 0.3) is 0 Å². The third-order valence-corrected chi connectivity index (χ3v) is 5.74. The number of benzene rings is 2. The molecule has 0 spiro atoms. The van der Waals surface area contributed by atoms with Crippen LogP contribution in [0, 0.1) is 0 Å². The topological polar surface area (TPSA) is 3.24 Å². The van der Waals surface area contributed by atoms with Gasteiger partial charge in [-0.2, -0.15) is 0 Å². The molecule has 4 rings (SSSR count). The van der Waals surface area contributed by atoms with E-state index < -0.39 is 0 Å². The highest BCUT2D eigenvalue weighted by molar-refractivity contribution is 5.68. The summed E-state index contributed by atoms with van der Waals surface area (Å²) in [6, 6.07) is 18.9. The van der Waals surface area contributed by atoms with E-state index in [4.69, 9.17) is 0 Å². The summed E-state index contributed by atoms with van der Waals surface area (Å²) in [6.45, 7) is 4.28. The number of hydrogen-bond donors (Lipinski definition) is 0. The normalized spacial score (nSPS) is 23.5. The monoisotopic (exact) mass is 303 g/mol. The summed E-state index contributed by atoms with van der Waals surface area (Å²) in [6.07, 6.45) is 6.10. The van der Waals surface area contributed by atoms with Crippen molar-refractivity contribution in [2.75, 3.05) is 7.05 Å². The molecule has 0 bridgehead atoms. The first-order chi connectivity index (χ1) is 11.3. The highest BCUT2D eigenvalue weighted by atomic mass is 15.2. The first-order valence-corrected chi connectivity index (χ1v) is 8.82. The van der Waals surface area contributed by atoms with Gasteiger partial charge >= 0.3 is 0 Å². The second-order valence-corrected chi connectivity index (χ2v) is 7.02. The lowest BCUT2D eigenvalue weighted by molar-refractivity contribution is 0.148. The summed E-state index contributed by atoms with van der Waals surface area (Å²) in [7, 11) is 2.32. The highest BCUT2D eigenvalue weighted by Gasteiger charge is 2.31. The molecule has 0 fully saturated rings. The van der Waals surface area contributed by atoms with Crippen molar-refractivity contribution in [2.45, 2.75) is 44.2 Å². The molecule has 2 unspecified atom stereocenters. The van der Waals surface area contributed by atoms with Crippen LogP contribution in [0.1, 0.15) is 60.0 Å². The molecule has 0 saturated heterocycles.